The van der Waals surface area contributed by atoms with Crippen molar-refractivity contribution in [1.29, 1.82) is 0 Å². The van der Waals surface area contributed by atoms with Crippen LogP contribution in [0.3, 0.4) is 0 Å². The number of benzene rings is 2. The van der Waals surface area contributed by atoms with E-state index < -0.39 is 5.97 Å². The number of aryl methyl sites for hydroxylation is 1. The SMILES string of the molecule is Cc1ccccc1CN(C)c1cccc(Br)c1C(=O)O. The van der Waals surface area contributed by atoms with Crippen LogP contribution in [0.1, 0.15) is 21.5 Å². The minimum atomic E-state index is -0.927. The van der Waals surface area contributed by atoms with Crippen molar-refractivity contribution in [3.63, 3.8) is 0 Å². The number of anilines is 1. The Morgan fingerprint density at radius 3 is 2.55 bits per heavy atom. The zero-order valence-electron chi connectivity index (χ0n) is 11.4. The van der Waals surface area contributed by atoms with Gasteiger partial charge in [0.25, 0.3) is 0 Å². The van der Waals surface area contributed by atoms with E-state index in [2.05, 4.69) is 35.0 Å². The normalized spacial score (nSPS) is 10.3. The number of nitrogens with zero attached hydrogens (tertiary/aromatic N) is 1. The summed E-state index contributed by atoms with van der Waals surface area (Å²) in [6.07, 6.45) is 0. The number of hydrogen-bond donors (Lipinski definition) is 1. The smallest absolute Gasteiger partial charge is 0.338 e. The van der Waals surface area contributed by atoms with Gasteiger partial charge in [-0.2, -0.15) is 0 Å². The van der Waals surface area contributed by atoms with E-state index in [1.54, 1.807) is 6.07 Å². The Morgan fingerprint density at radius 2 is 1.90 bits per heavy atom. The third-order valence-electron chi connectivity index (χ3n) is 3.29. The second-order valence-electron chi connectivity index (χ2n) is 4.72. The van der Waals surface area contributed by atoms with Crippen molar-refractivity contribution in [2.75, 3.05) is 11.9 Å². The van der Waals surface area contributed by atoms with Crippen molar-refractivity contribution >= 4 is 27.6 Å². The van der Waals surface area contributed by atoms with Gasteiger partial charge in [0, 0.05) is 18.1 Å². The second kappa shape index (κ2) is 6.09. The molecule has 0 aliphatic heterocycles. The monoisotopic (exact) mass is 333 g/mol. The number of carboxylic acids is 1. The zero-order chi connectivity index (χ0) is 14.7. The van der Waals surface area contributed by atoms with Crippen LogP contribution in [0.25, 0.3) is 0 Å². The Balaban J connectivity index is 2.35. The van der Waals surface area contributed by atoms with Gasteiger partial charge in [-0.25, -0.2) is 4.79 Å². The molecule has 0 saturated carbocycles. The Labute approximate surface area is 127 Å². The predicted molar refractivity (Wildman–Crippen MR) is 84.4 cm³/mol. The molecule has 0 aliphatic rings. The largest absolute Gasteiger partial charge is 0.478 e. The van der Waals surface area contributed by atoms with Crippen molar-refractivity contribution in [2.24, 2.45) is 0 Å². The molecular formula is C16H16BrNO2. The molecule has 2 aromatic carbocycles. The molecular weight excluding hydrogens is 318 g/mol. The summed E-state index contributed by atoms with van der Waals surface area (Å²) in [4.78, 5) is 13.4. The molecule has 4 heteroatoms. The minimum absolute atomic E-state index is 0.295. The summed E-state index contributed by atoms with van der Waals surface area (Å²) < 4.78 is 0.596. The molecule has 2 aromatic rings. The van der Waals surface area contributed by atoms with Crippen molar-refractivity contribution in [1.82, 2.24) is 0 Å². The van der Waals surface area contributed by atoms with Gasteiger partial charge in [0.2, 0.25) is 0 Å². The third kappa shape index (κ3) is 3.02. The summed E-state index contributed by atoms with van der Waals surface area (Å²) in [6, 6.07) is 13.5. The molecule has 0 heterocycles. The highest BCUT2D eigenvalue weighted by molar-refractivity contribution is 9.10. The molecule has 0 spiro atoms. The van der Waals surface area contributed by atoms with Gasteiger partial charge in [-0.15, -0.1) is 0 Å². The average Bonchev–Trinajstić information content (AvgIpc) is 2.40. The molecule has 20 heavy (non-hydrogen) atoms. The summed E-state index contributed by atoms with van der Waals surface area (Å²) in [5.41, 5.74) is 3.39. The Morgan fingerprint density at radius 1 is 1.20 bits per heavy atom. The van der Waals surface area contributed by atoms with Gasteiger partial charge in [0.05, 0.1) is 11.3 Å². The molecule has 1 N–H and O–H groups in total. The van der Waals surface area contributed by atoms with Crippen LogP contribution in [0.4, 0.5) is 5.69 Å². The molecule has 104 valence electrons. The molecule has 3 nitrogen and oxygen atoms in total. The standard InChI is InChI=1S/C16H16BrNO2/c1-11-6-3-4-7-12(11)10-18(2)14-9-5-8-13(17)15(14)16(19)20/h3-9H,10H2,1-2H3,(H,19,20). The highest BCUT2D eigenvalue weighted by atomic mass is 79.9. The maximum absolute atomic E-state index is 11.4. The van der Waals surface area contributed by atoms with E-state index in [1.807, 2.05) is 36.2 Å². The summed E-state index contributed by atoms with van der Waals surface area (Å²) in [7, 11) is 1.90. The maximum atomic E-state index is 11.4. The third-order valence-corrected chi connectivity index (χ3v) is 3.95. The Kier molecular flexibility index (Phi) is 4.45. The zero-order valence-corrected chi connectivity index (χ0v) is 13.0. The van der Waals surface area contributed by atoms with Crippen LogP contribution in [-0.4, -0.2) is 18.1 Å². The van der Waals surface area contributed by atoms with Gasteiger partial charge < -0.3 is 10.0 Å². The summed E-state index contributed by atoms with van der Waals surface area (Å²) in [5, 5.41) is 9.36. The maximum Gasteiger partial charge on any atom is 0.338 e. The minimum Gasteiger partial charge on any atom is -0.478 e. The van der Waals surface area contributed by atoms with Crippen LogP contribution in [0.2, 0.25) is 0 Å². The lowest BCUT2D eigenvalue weighted by atomic mass is 10.1. The number of rotatable bonds is 4. The van der Waals surface area contributed by atoms with E-state index in [0.29, 0.717) is 22.3 Å². The van der Waals surface area contributed by atoms with Gasteiger partial charge >= 0.3 is 5.97 Å². The van der Waals surface area contributed by atoms with Gasteiger partial charge in [-0.1, -0.05) is 30.3 Å². The lowest BCUT2D eigenvalue weighted by Gasteiger charge is -2.22. The van der Waals surface area contributed by atoms with Gasteiger partial charge in [-0.05, 0) is 46.1 Å². The fraction of sp³-hybridized carbons (Fsp3) is 0.188. The first-order valence-corrected chi connectivity index (χ1v) is 7.07. The molecule has 0 aromatic heterocycles. The van der Waals surface area contributed by atoms with Crippen molar-refractivity contribution in [2.45, 2.75) is 13.5 Å². The fourth-order valence-corrected chi connectivity index (χ4v) is 2.70. The van der Waals surface area contributed by atoms with Crippen molar-refractivity contribution in [3.8, 4) is 0 Å². The van der Waals surface area contributed by atoms with Crippen LogP contribution >= 0.6 is 15.9 Å². The molecule has 0 atom stereocenters. The van der Waals surface area contributed by atoms with Crippen molar-refractivity contribution < 1.29 is 9.90 Å². The molecule has 0 fully saturated rings. The number of carbonyl (C=O) groups is 1. The molecule has 0 amide bonds. The van der Waals surface area contributed by atoms with Gasteiger partial charge in [-0.3, -0.25) is 0 Å². The highest BCUT2D eigenvalue weighted by Gasteiger charge is 2.17. The number of hydrogen-bond acceptors (Lipinski definition) is 2. The first kappa shape index (κ1) is 14.6. The van der Waals surface area contributed by atoms with Crippen LogP contribution in [0, 0.1) is 6.92 Å². The first-order chi connectivity index (χ1) is 9.50. The van der Waals surface area contributed by atoms with E-state index in [9.17, 15) is 9.90 Å². The van der Waals surface area contributed by atoms with E-state index in [0.717, 1.165) is 0 Å². The van der Waals surface area contributed by atoms with E-state index >= 15 is 0 Å². The Bertz CT molecular complexity index is 640. The summed E-state index contributed by atoms with van der Waals surface area (Å²) in [5.74, 6) is -0.927. The van der Waals surface area contributed by atoms with Crippen LogP contribution in [-0.2, 0) is 6.54 Å². The van der Waals surface area contributed by atoms with Crippen molar-refractivity contribution in [3.05, 3.63) is 63.6 Å². The van der Waals surface area contributed by atoms with Gasteiger partial charge in [0.1, 0.15) is 0 Å². The molecule has 0 saturated heterocycles. The number of halogens is 1. The molecule has 0 unspecified atom stereocenters. The molecule has 2 rings (SSSR count). The molecule has 0 radical (unpaired) electrons. The quantitative estimate of drug-likeness (QED) is 0.915. The highest BCUT2D eigenvalue weighted by Crippen LogP contribution is 2.28. The van der Waals surface area contributed by atoms with Crippen LogP contribution in [0.5, 0.6) is 0 Å². The topological polar surface area (TPSA) is 40.5 Å². The lowest BCUT2D eigenvalue weighted by molar-refractivity contribution is 0.0696. The molecule has 0 aliphatic carbocycles. The van der Waals surface area contributed by atoms with E-state index in [4.69, 9.17) is 0 Å². The van der Waals surface area contributed by atoms with Crippen LogP contribution < -0.4 is 4.90 Å². The van der Waals surface area contributed by atoms with Gasteiger partial charge in [0.15, 0.2) is 0 Å². The first-order valence-electron chi connectivity index (χ1n) is 6.28. The predicted octanol–water partition coefficient (Wildman–Crippen LogP) is 4.09. The summed E-state index contributed by atoms with van der Waals surface area (Å²) >= 11 is 3.31. The second-order valence-corrected chi connectivity index (χ2v) is 5.58. The Hall–Kier alpha value is -1.81. The lowest BCUT2D eigenvalue weighted by Crippen LogP contribution is -2.20. The van der Waals surface area contributed by atoms with E-state index in [-0.39, 0.29) is 0 Å². The van der Waals surface area contributed by atoms with Crippen LogP contribution in [0.15, 0.2) is 46.9 Å². The number of aromatic carboxylic acids is 1. The van der Waals surface area contributed by atoms with E-state index in [1.165, 1.54) is 11.1 Å². The molecule has 0 bridgehead atoms. The average molecular weight is 334 g/mol. The number of carboxylic acid groups (broad SMARTS) is 1. The fourth-order valence-electron chi connectivity index (χ4n) is 2.17. The summed E-state index contributed by atoms with van der Waals surface area (Å²) in [6.45, 7) is 2.73.